The van der Waals surface area contributed by atoms with Crippen LogP contribution in [0, 0.1) is 0 Å². The Kier molecular flexibility index (Phi) is 5.35. The number of hydrogen-bond acceptors (Lipinski definition) is 3. The molecule has 0 saturated carbocycles. The summed E-state index contributed by atoms with van der Waals surface area (Å²) in [5.41, 5.74) is 6.75. The van der Waals surface area contributed by atoms with Crippen molar-refractivity contribution in [3.8, 4) is 16.9 Å². The Bertz CT molecular complexity index is 1480. The first-order chi connectivity index (χ1) is 16.1. The second-order valence-electron chi connectivity index (χ2n) is 8.21. The maximum Gasteiger partial charge on any atom is 0.338 e. The molecule has 0 bridgehead atoms. The van der Waals surface area contributed by atoms with E-state index in [1.54, 1.807) is 12.1 Å². The molecule has 1 heterocycles. The number of hydrogen-bond donors (Lipinski definition) is 1. The summed E-state index contributed by atoms with van der Waals surface area (Å²) in [5.74, 6) is -0.229. The van der Waals surface area contributed by atoms with Gasteiger partial charge in [-0.2, -0.15) is 0 Å². The smallest absolute Gasteiger partial charge is 0.338 e. The van der Waals surface area contributed by atoms with Crippen LogP contribution in [0.2, 0.25) is 0 Å². The van der Waals surface area contributed by atoms with Gasteiger partial charge in [0.25, 0.3) is 0 Å². The third-order valence-electron chi connectivity index (χ3n) is 6.22. The molecule has 164 valence electrons. The number of rotatable bonds is 5. The molecular weight excluding hydrogens is 410 g/mol. The zero-order valence-corrected chi connectivity index (χ0v) is 18.7. The van der Waals surface area contributed by atoms with Gasteiger partial charge in [-0.25, -0.2) is 4.79 Å². The van der Waals surface area contributed by atoms with Crippen molar-refractivity contribution in [2.45, 2.75) is 19.9 Å². The Hall–Kier alpha value is -4.05. The fraction of sp³-hybridized carbons (Fsp3) is 0.138. The van der Waals surface area contributed by atoms with Crippen LogP contribution >= 0.6 is 0 Å². The third kappa shape index (κ3) is 3.64. The monoisotopic (exact) mass is 435 g/mol. The molecule has 1 N–H and O–H groups in total. The van der Waals surface area contributed by atoms with E-state index in [1.165, 1.54) is 12.7 Å². The van der Waals surface area contributed by atoms with Gasteiger partial charge in [0.15, 0.2) is 0 Å². The van der Waals surface area contributed by atoms with Gasteiger partial charge in [0.05, 0.1) is 29.1 Å². The van der Waals surface area contributed by atoms with E-state index in [9.17, 15) is 9.90 Å². The van der Waals surface area contributed by atoms with Crippen molar-refractivity contribution >= 4 is 27.8 Å². The van der Waals surface area contributed by atoms with Crippen molar-refractivity contribution in [1.82, 2.24) is 4.57 Å². The fourth-order valence-electron chi connectivity index (χ4n) is 4.61. The van der Waals surface area contributed by atoms with Crippen LogP contribution in [0.5, 0.6) is 5.75 Å². The number of ether oxygens (including phenoxy) is 1. The fourth-order valence-corrected chi connectivity index (χ4v) is 4.61. The Labute approximate surface area is 192 Å². The molecule has 33 heavy (non-hydrogen) atoms. The van der Waals surface area contributed by atoms with Crippen molar-refractivity contribution in [2.75, 3.05) is 7.11 Å². The van der Waals surface area contributed by atoms with Gasteiger partial charge in [-0.05, 0) is 59.0 Å². The average Bonchev–Trinajstić information content (AvgIpc) is 3.18. The highest BCUT2D eigenvalue weighted by Crippen LogP contribution is 2.39. The van der Waals surface area contributed by atoms with Gasteiger partial charge in [-0.15, -0.1) is 0 Å². The molecule has 4 nitrogen and oxygen atoms in total. The summed E-state index contributed by atoms with van der Waals surface area (Å²) in [7, 11) is 1.38. The van der Waals surface area contributed by atoms with Crippen molar-refractivity contribution in [3.05, 3.63) is 102 Å². The van der Waals surface area contributed by atoms with Crippen LogP contribution in [0.3, 0.4) is 0 Å². The summed E-state index contributed by atoms with van der Waals surface area (Å²) in [6.45, 7) is 2.68. The largest absolute Gasteiger partial charge is 0.507 e. The van der Waals surface area contributed by atoms with E-state index in [1.807, 2.05) is 30.3 Å². The van der Waals surface area contributed by atoms with E-state index in [4.69, 9.17) is 4.74 Å². The SMILES string of the molecule is CCc1cc(O)c2c3c(C(=O)OC)cccc3n(Cc3cccc(-c4ccccc4)c3)c2c1. The van der Waals surface area contributed by atoms with Gasteiger partial charge in [-0.3, -0.25) is 0 Å². The summed E-state index contributed by atoms with van der Waals surface area (Å²) in [6.07, 6.45) is 0.804. The quantitative estimate of drug-likeness (QED) is 0.318. The molecule has 0 saturated heterocycles. The number of esters is 1. The molecule has 0 amide bonds. The number of benzene rings is 4. The topological polar surface area (TPSA) is 51.5 Å². The van der Waals surface area contributed by atoms with Crippen LogP contribution in [-0.4, -0.2) is 22.8 Å². The van der Waals surface area contributed by atoms with E-state index in [2.05, 4.69) is 54.0 Å². The number of phenols is 1. The van der Waals surface area contributed by atoms with Crippen LogP contribution in [-0.2, 0) is 17.7 Å². The molecule has 0 aliphatic carbocycles. The standard InChI is InChI=1S/C29H25NO3/c1-3-19-16-25-28(26(31)17-19)27-23(29(32)33-2)13-8-14-24(27)30(25)18-20-9-7-12-22(15-20)21-10-5-4-6-11-21/h4-17,31H,3,18H2,1-2H3. The Morgan fingerprint density at radius 2 is 1.58 bits per heavy atom. The number of carbonyl (C=O) groups is 1. The average molecular weight is 436 g/mol. The minimum Gasteiger partial charge on any atom is -0.507 e. The number of carbonyl (C=O) groups excluding carboxylic acids is 1. The van der Waals surface area contributed by atoms with Crippen molar-refractivity contribution in [2.24, 2.45) is 0 Å². The lowest BCUT2D eigenvalue weighted by Gasteiger charge is -2.11. The maximum atomic E-state index is 12.6. The first-order valence-electron chi connectivity index (χ1n) is 11.1. The van der Waals surface area contributed by atoms with Crippen LogP contribution in [0.15, 0.2) is 84.9 Å². The number of aromatic hydroxyl groups is 1. The second-order valence-corrected chi connectivity index (χ2v) is 8.21. The van der Waals surface area contributed by atoms with Gasteiger partial charge in [-0.1, -0.05) is 61.5 Å². The molecule has 0 fully saturated rings. The van der Waals surface area contributed by atoms with Crippen LogP contribution < -0.4 is 0 Å². The molecule has 1 aromatic heterocycles. The molecule has 0 aliphatic rings. The predicted octanol–water partition coefficient (Wildman–Crippen LogP) is 6.56. The lowest BCUT2D eigenvalue weighted by atomic mass is 10.0. The second kappa shape index (κ2) is 8.47. The first kappa shape index (κ1) is 20.8. The normalized spacial score (nSPS) is 11.2. The van der Waals surface area contributed by atoms with Gasteiger partial charge >= 0.3 is 5.97 Å². The zero-order valence-electron chi connectivity index (χ0n) is 18.7. The third-order valence-corrected chi connectivity index (χ3v) is 6.22. The van der Waals surface area contributed by atoms with Gasteiger partial charge in [0.1, 0.15) is 5.75 Å². The number of aromatic nitrogens is 1. The molecular formula is C29H25NO3. The van der Waals surface area contributed by atoms with Crippen LogP contribution in [0.4, 0.5) is 0 Å². The van der Waals surface area contributed by atoms with Gasteiger partial charge in [0, 0.05) is 11.9 Å². The lowest BCUT2D eigenvalue weighted by Crippen LogP contribution is -2.03. The summed E-state index contributed by atoms with van der Waals surface area (Å²) in [6, 6.07) is 28.3. The Morgan fingerprint density at radius 3 is 2.33 bits per heavy atom. The number of methoxy groups -OCH3 is 1. The predicted molar refractivity (Wildman–Crippen MR) is 133 cm³/mol. The molecule has 5 aromatic rings. The summed E-state index contributed by atoms with van der Waals surface area (Å²) in [4.78, 5) is 12.6. The molecule has 4 aromatic carbocycles. The molecule has 0 spiro atoms. The number of aryl methyl sites for hydroxylation is 1. The van der Waals surface area contributed by atoms with Crippen molar-refractivity contribution in [3.63, 3.8) is 0 Å². The van der Waals surface area contributed by atoms with Gasteiger partial charge < -0.3 is 14.4 Å². The Balaban J connectivity index is 1.74. The highest BCUT2D eigenvalue weighted by Gasteiger charge is 2.21. The highest BCUT2D eigenvalue weighted by atomic mass is 16.5. The maximum absolute atomic E-state index is 12.6. The van der Waals surface area contributed by atoms with E-state index < -0.39 is 5.97 Å². The van der Waals surface area contributed by atoms with Crippen LogP contribution in [0.1, 0.15) is 28.4 Å². The molecule has 0 atom stereocenters. The molecule has 5 rings (SSSR count). The van der Waals surface area contributed by atoms with E-state index in [0.29, 0.717) is 17.5 Å². The lowest BCUT2D eigenvalue weighted by molar-refractivity contribution is 0.0603. The van der Waals surface area contributed by atoms with E-state index in [-0.39, 0.29) is 5.75 Å². The molecule has 4 heteroatoms. The summed E-state index contributed by atoms with van der Waals surface area (Å²) < 4.78 is 7.22. The Morgan fingerprint density at radius 1 is 0.818 bits per heavy atom. The molecule has 0 aliphatic heterocycles. The van der Waals surface area contributed by atoms with E-state index >= 15 is 0 Å². The first-order valence-corrected chi connectivity index (χ1v) is 11.1. The number of nitrogens with zero attached hydrogens (tertiary/aromatic N) is 1. The van der Waals surface area contributed by atoms with Gasteiger partial charge in [0.2, 0.25) is 0 Å². The zero-order chi connectivity index (χ0) is 22.9. The summed E-state index contributed by atoms with van der Waals surface area (Å²) in [5, 5.41) is 12.4. The van der Waals surface area contributed by atoms with Crippen LogP contribution in [0.25, 0.3) is 32.9 Å². The van der Waals surface area contributed by atoms with Crippen molar-refractivity contribution in [1.29, 1.82) is 0 Å². The molecule has 0 radical (unpaired) electrons. The van der Waals surface area contributed by atoms with E-state index in [0.717, 1.165) is 39.5 Å². The number of fused-ring (bicyclic) bond motifs is 3. The minimum atomic E-state index is -0.412. The summed E-state index contributed by atoms with van der Waals surface area (Å²) >= 11 is 0. The molecule has 0 unspecified atom stereocenters. The highest BCUT2D eigenvalue weighted by molar-refractivity contribution is 6.19. The number of phenolic OH excluding ortho intramolecular Hbond substituents is 1. The van der Waals surface area contributed by atoms with Crippen molar-refractivity contribution < 1.29 is 14.6 Å². The minimum absolute atomic E-state index is 0.183.